The van der Waals surface area contributed by atoms with Gasteiger partial charge in [-0.15, -0.1) is 12.4 Å². The molecule has 3 nitrogen and oxygen atoms in total. The first-order valence-electron chi connectivity index (χ1n) is 7.35. The van der Waals surface area contributed by atoms with Gasteiger partial charge in [-0.3, -0.25) is 4.79 Å². The van der Waals surface area contributed by atoms with E-state index in [4.69, 9.17) is 5.73 Å². The first kappa shape index (κ1) is 17.9. The van der Waals surface area contributed by atoms with Crippen LogP contribution in [0.4, 0.5) is 4.39 Å². The Morgan fingerprint density at radius 3 is 2.81 bits per heavy atom. The number of nitrogens with two attached hydrogens (primary N) is 1. The molecule has 0 saturated heterocycles. The molecule has 3 atom stereocenters. The summed E-state index contributed by atoms with van der Waals surface area (Å²) >= 11 is 0. The van der Waals surface area contributed by atoms with Gasteiger partial charge in [0.05, 0.1) is 0 Å². The van der Waals surface area contributed by atoms with Crippen LogP contribution < -0.4 is 11.1 Å². The van der Waals surface area contributed by atoms with E-state index in [9.17, 15) is 9.18 Å². The van der Waals surface area contributed by atoms with Gasteiger partial charge in [0.25, 0.3) is 0 Å². The van der Waals surface area contributed by atoms with Crippen molar-refractivity contribution in [2.45, 2.75) is 38.6 Å². The predicted octanol–water partition coefficient (Wildman–Crippen LogP) is 2.67. The number of hydrogen-bond donors (Lipinski definition) is 2. The first-order chi connectivity index (χ1) is 9.61. The lowest BCUT2D eigenvalue weighted by atomic mass is 9.95. The molecule has 21 heavy (non-hydrogen) atoms. The summed E-state index contributed by atoms with van der Waals surface area (Å²) in [6.45, 7) is 2.48. The summed E-state index contributed by atoms with van der Waals surface area (Å²) in [6, 6.07) is 6.63. The van der Waals surface area contributed by atoms with Crippen LogP contribution in [0.3, 0.4) is 0 Å². The molecule has 0 bridgehead atoms. The van der Waals surface area contributed by atoms with Crippen LogP contribution in [-0.4, -0.2) is 18.5 Å². The van der Waals surface area contributed by atoms with Gasteiger partial charge in [0.2, 0.25) is 5.91 Å². The van der Waals surface area contributed by atoms with Crippen LogP contribution in [0.25, 0.3) is 0 Å². The number of carbonyl (C=O) groups is 1. The maximum atomic E-state index is 13.6. The zero-order chi connectivity index (χ0) is 14.5. The highest BCUT2D eigenvalue weighted by molar-refractivity contribution is 5.85. The third-order valence-corrected chi connectivity index (χ3v) is 4.17. The van der Waals surface area contributed by atoms with Gasteiger partial charge in [0.1, 0.15) is 5.82 Å². The number of nitrogens with one attached hydrogen (secondary N) is 1. The summed E-state index contributed by atoms with van der Waals surface area (Å²) in [4.78, 5) is 12.2. The second-order valence-corrected chi connectivity index (χ2v) is 5.74. The monoisotopic (exact) mass is 314 g/mol. The number of amides is 1. The fourth-order valence-electron chi connectivity index (χ4n) is 3.06. The van der Waals surface area contributed by atoms with Crippen molar-refractivity contribution >= 4 is 18.3 Å². The van der Waals surface area contributed by atoms with Crippen LogP contribution in [0.2, 0.25) is 0 Å². The van der Waals surface area contributed by atoms with Gasteiger partial charge in [0.15, 0.2) is 0 Å². The summed E-state index contributed by atoms with van der Waals surface area (Å²) in [5.41, 5.74) is 6.35. The summed E-state index contributed by atoms with van der Waals surface area (Å²) in [7, 11) is 0. The van der Waals surface area contributed by atoms with Crippen molar-refractivity contribution in [3.63, 3.8) is 0 Å². The topological polar surface area (TPSA) is 55.1 Å². The van der Waals surface area contributed by atoms with E-state index in [0.29, 0.717) is 24.4 Å². The molecule has 1 aromatic carbocycles. The summed E-state index contributed by atoms with van der Waals surface area (Å²) in [5.74, 6) is 0.190. The van der Waals surface area contributed by atoms with Crippen molar-refractivity contribution in [1.29, 1.82) is 0 Å². The smallest absolute Gasteiger partial charge is 0.223 e. The lowest BCUT2D eigenvalue weighted by Gasteiger charge is -2.21. The van der Waals surface area contributed by atoms with Gasteiger partial charge in [-0.1, -0.05) is 24.6 Å². The maximum absolute atomic E-state index is 13.6. The first-order valence-corrected chi connectivity index (χ1v) is 7.35. The Kier molecular flexibility index (Phi) is 7.12. The van der Waals surface area contributed by atoms with Crippen molar-refractivity contribution < 1.29 is 9.18 Å². The maximum Gasteiger partial charge on any atom is 0.223 e. The molecule has 1 aliphatic rings. The van der Waals surface area contributed by atoms with E-state index in [0.717, 1.165) is 19.3 Å². The molecule has 0 radical (unpaired) electrons. The highest BCUT2D eigenvalue weighted by Gasteiger charge is 2.32. The van der Waals surface area contributed by atoms with Crippen LogP contribution in [0.1, 0.15) is 31.7 Å². The Balaban J connectivity index is 0.00000220. The molecular formula is C16H24ClFN2O. The molecule has 0 aromatic heterocycles. The second kappa shape index (κ2) is 8.35. The molecule has 3 N–H and O–H groups in total. The molecule has 1 unspecified atom stereocenters. The van der Waals surface area contributed by atoms with E-state index in [1.165, 1.54) is 6.07 Å². The minimum Gasteiger partial charge on any atom is -0.353 e. The number of hydrogen-bond acceptors (Lipinski definition) is 2. The Bertz CT molecular complexity index is 469. The summed E-state index contributed by atoms with van der Waals surface area (Å²) in [6.07, 6.45) is 3.54. The predicted molar refractivity (Wildman–Crippen MR) is 84.8 cm³/mol. The van der Waals surface area contributed by atoms with E-state index in [1.54, 1.807) is 12.1 Å². The highest BCUT2D eigenvalue weighted by atomic mass is 35.5. The normalized spacial score (nSPS) is 22.4. The number of rotatable bonds is 5. The van der Waals surface area contributed by atoms with Crippen molar-refractivity contribution in [3.8, 4) is 0 Å². The van der Waals surface area contributed by atoms with E-state index in [2.05, 4.69) is 5.32 Å². The van der Waals surface area contributed by atoms with Crippen molar-refractivity contribution in [2.24, 2.45) is 17.6 Å². The third-order valence-electron chi connectivity index (χ3n) is 4.17. The van der Waals surface area contributed by atoms with Gasteiger partial charge in [0, 0.05) is 12.0 Å². The third kappa shape index (κ3) is 4.68. The van der Waals surface area contributed by atoms with Gasteiger partial charge < -0.3 is 11.1 Å². The number of carbonyl (C=O) groups excluding carboxylic acids is 1. The average Bonchev–Trinajstić information content (AvgIpc) is 2.89. The minimum absolute atomic E-state index is 0. The SMILES string of the molecule is CC(Cc1ccccc1F)NC(=O)[C@@H]1CCC[C@@H]1CN.Cl. The quantitative estimate of drug-likeness (QED) is 0.878. The van der Waals surface area contributed by atoms with Gasteiger partial charge in [-0.2, -0.15) is 0 Å². The summed E-state index contributed by atoms with van der Waals surface area (Å²) in [5, 5.41) is 3.00. The Labute approximate surface area is 131 Å². The van der Waals surface area contributed by atoms with Crippen molar-refractivity contribution in [1.82, 2.24) is 5.32 Å². The molecule has 0 heterocycles. The minimum atomic E-state index is -0.214. The zero-order valence-corrected chi connectivity index (χ0v) is 13.2. The highest BCUT2D eigenvalue weighted by Crippen LogP contribution is 2.31. The molecule has 0 spiro atoms. The van der Waals surface area contributed by atoms with Crippen LogP contribution >= 0.6 is 12.4 Å². The summed E-state index contributed by atoms with van der Waals surface area (Å²) < 4.78 is 13.6. The largest absolute Gasteiger partial charge is 0.353 e. The van der Waals surface area contributed by atoms with Gasteiger partial charge >= 0.3 is 0 Å². The lowest BCUT2D eigenvalue weighted by Crippen LogP contribution is -2.40. The molecule has 0 aliphatic heterocycles. The molecule has 2 rings (SSSR count). The second-order valence-electron chi connectivity index (χ2n) is 5.74. The Hall–Kier alpha value is -1.13. The molecule has 1 amide bonds. The van der Waals surface area contributed by atoms with E-state index < -0.39 is 0 Å². The number of halogens is 2. The van der Waals surface area contributed by atoms with Crippen LogP contribution in [0, 0.1) is 17.7 Å². The molecular weight excluding hydrogens is 291 g/mol. The Morgan fingerprint density at radius 2 is 2.14 bits per heavy atom. The fourth-order valence-corrected chi connectivity index (χ4v) is 3.06. The van der Waals surface area contributed by atoms with Crippen molar-refractivity contribution in [2.75, 3.05) is 6.54 Å². The van der Waals surface area contributed by atoms with E-state index >= 15 is 0 Å². The lowest BCUT2D eigenvalue weighted by molar-refractivity contribution is -0.126. The molecule has 5 heteroatoms. The molecule has 1 saturated carbocycles. The zero-order valence-electron chi connectivity index (χ0n) is 12.3. The van der Waals surface area contributed by atoms with Gasteiger partial charge in [-0.05, 0) is 50.3 Å². The van der Waals surface area contributed by atoms with E-state index in [-0.39, 0.29) is 36.1 Å². The molecule has 1 fully saturated rings. The van der Waals surface area contributed by atoms with Crippen LogP contribution in [0.5, 0.6) is 0 Å². The molecule has 1 aromatic rings. The molecule has 118 valence electrons. The average molecular weight is 315 g/mol. The van der Waals surface area contributed by atoms with E-state index in [1.807, 2.05) is 13.0 Å². The van der Waals surface area contributed by atoms with Crippen LogP contribution in [0.15, 0.2) is 24.3 Å². The van der Waals surface area contributed by atoms with Gasteiger partial charge in [-0.25, -0.2) is 4.39 Å². The Morgan fingerprint density at radius 1 is 1.43 bits per heavy atom. The standard InChI is InChI=1S/C16H23FN2O.ClH/c1-11(9-12-5-2-3-8-15(12)17)19-16(20)14-7-4-6-13(14)10-18;/h2-3,5,8,11,13-14H,4,6-7,9-10,18H2,1H3,(H,19,20);1H/t11?,13-,14-;/m1./s1. The van der Waals surface area contributed by atoms with Crippen LogP contribution in [-0.2, 0) is 11.2 Å². The molecule has 1 aliphatic carbocycles. The van der Waals surface area contributed by atoms with Crippen molar-refractivity contribution in [3.05, 3.63) is 35.6 Å². The number of benzene rings is 1. The fraction of sp³-hybridized carbons (Fsp3) is 0.562.